The second kappa shape index (κ2) is 4.33. The van der Waals surface area contributed by atoms with E-state index < -0.39 is 9.84 Å². The zero-order chi connectivity index (χ0) is 12.5. The van der Waals surface area contributed by atoms with Gasteiger partial charge in [0.25, 0.3) is 0 Å². The average Bonchev–Trinajstić information content (AvgIpc) is 2.40. The number of nitrogens with zero attached hydrogens (tertiary/aromatic N) is 1. The van der Waals surface area contributed by atoms with Crippen LogP contribution in [0.5, 0.6) is 0 Å². The third kappa shape index (κ3) is 3.22. The van der Waals surface area contributed by atoms with Crippen LogP contribution < -0.4 is 0 Å². The molecule has 94 valence electrons. The van der Waals surface area contributed by atoms with Crippen LogP contribution >= 0.6 is 0 Å². The summed E-state index contributed by atoms with van der Waals surface area (Å²) in [4.78, 5) is 2.14. The normalized spacial score (nSPS) is 26.5. The molecule has 1 fully saturated rings. The smallest absolute Gasteiger partial charge is 0.153 e. The maximum atomic E-state index is 11.4. The molecule has 0 amide bonds. The molecule has 1 saturated heterocycles. The highest BCUT2D eigenvalue weighted by atomic mass is 32.2. The molecular weight excluding hydrogens is 234 g/mol. The largest absolute Gasteiger partial charge is 0.370 e. The molecule has 0 aromatic rings. The fourth-order valence-corrected chi connectivity index (χ4v) is 3.19. The molecule has 0 atom stereocenters. The van der Waals surface area contributed by atoms with Gasteiger partial charge in [-0.05, 0) is 12.2 Å². The quantitative estimate of drug-likeness (QED) is 0.714. The van der Waals surface area contributed by atoms with Gasteiger partial charge in [-0.2, -0.15) is 0 Å². The minimum absolute atomic E-state index is 0.0696. The highest BCUT2D eigenvalue weighted by molar-refractivity contribution is 7.91. The number of allylic oxidation sites excluding steroid dienone is 5. The van der Waals surface area contributed by atoms with Crippen molar-refractivity contribution >= 4 is 9.84 Å². The van der Waals surface area contributed by atoms with Gasteiger partial charge >= 0.3 is 0 Å². The zero-order valence-electron chi connectivity index (χ0n) is 10.4. The first kappa shape index (κ1) is 12.4. The fourth-order valence-electron chi connectivity index (χ4n) is 1.99. The second-order valence-electron chi connectivity index (χ2n) is 5.24. The summed E-state index contributed by atoms with van der Waals surface area (Å²) >= 11 is 0. The molecule has 0 aromatic carbocycles. The third-order valence-electron chi connectivity index (χ3n) is 3.19. The van der Waals surface area contributed by atoms with Crippen molar-refractivity contribution in [1.29, 1.82) is 0 Å². The Morgan fingerprint density at radius 3 is 2.47 bits per heavy atom. The van der Waals surface area contributed by atoms with Crippen molar-refractivity contribution in [3.05, 3.63) is 36.1 Å². The van der Waals surface area contributed by atoms with Gasteiger partial charge in [-0.25, -0.2) is 8.42 Å². The van der Waals surface area contributed by atoms with Crippen LogP contribution in [0.15, 0.2) is 36.1 Å². The molecule has 0 N–H and O–H groups in total. The third-order valence-corrected chi connectivity index (χ3v) is 4.80. The molecule has 4 heteroatoms. The summed E-state index contributed by atoms with van der Waals surface area (Å²) < 4.78 is 22.7. The monoisotopic (exact) mass is 253 g/mol. The van der Waals surface area contributed by atoms with Gasteiger partial charge in [0.2, 0.25) is 0 Å². The van der Waals surface area contributed by atoms with Crippen LogP contribution in [0.25, 0.3) is 0 Å². The topological polar surface area (TPSA) is 37.4 Å². The number of hydrogen-bond acceptors (Lipinski definition) is 3. The summed E-state index contributed by atoms with van der Waals surface area (Å²) in [6, 6.07) is 0. The van der Waals surface area contributed by atoms with Crippen LogP contribution in [0.2, 0.25) is 0 Å². The first-order chi connectivity index (χ1) is 7.88. The molecule has 17 heavy (non-hydrogen) atoms. The first-order valence-electron chi connectivity index (χ1n) is 5.92. The van der Waals surface area contributed by atoms with E-state index in [1.807, 2.05) is 0 Å². The van der Waals surface area contributed by atoms with Crippen LogP contribution in [0.4, 0.5) is 0 Å². The predicted octanol–water partition coefficient (Wildman–Crippen LogP) is 1.75. The lowest BCUT2D eigenvalue weighted by Crippen LogP contribution is -2.39. The Bertz CT molecular complexity index is 470. The molecule has 1 aliphatic carbocycles. The lowest BCUT2D eigenvalue weighted by Gasteiger charge is -2.29. The molecule has 2 rings (SSSR count). The molecule has 0 aromatic heterocycles. The SMILES string of the molecule is CC1(C)C=CC=C(N2CCS(=O)(=O)CC2)C=C1. The molecule has 0 bridgehead atoms. The summed E-state index contributed by atoms with van der Waals surface area (Å²) in [7, 11) is -2.80. The van der Waals surface area contributed by atoms with E-state index in [2.05, 4.69) is 49.1 Å². The predicted molar refractivity (Wildman–Crippen MR) is 70.4 cm³/mol. The van der Waals surface area contributed by atoms with Crippen LogP contribution in [0.1, 0.15) is 13.8 Å². The lowest BCUT2D eigenvalue weighted by atomic mass is 9.93. The number of rotatable bonds is 1. The van der Waals surface area contributed by atoms with Crippen molar-refractivity contribution in [2.24, 2.45) is 5.41 Å². The van der Waals surface area contributed by atoms with E-state index in [-0.39, 0.29) is 16.9 Å². The second-order valence-corrected chi connectivity index (χ2v) is 7.55. The Morgan fingerprint density at radius 2 is 1.82 bits per heavy atom. The lowest BCUT2D eigenvalue weighted by molar-refractivity contribution is 0.380. The Labute approximate surface area is 103 Å². The Kier molecular flexibility index (Phi) is 3.17. The van der Waals surface area contributed by atoms with Crippen molar-refractivity contribution in [2.75, 3.05) is 24.6 Å². The van der Waals surface area contributed by atoms with Gasteiger partial charge in [0.15, 0.2) is 9.84 Å². The van der Waals surface area contributed by atoms with Crippen LogP contribution in [-0.2, 0) is 9.84 Å². The minimum atomic E-state index is -2.80. The van der Waals surface area contributed by atoms with E-state index in [1.54, 1.807) is 0 Å². The minimum Gasteiger partial charge on any atom is -0.370 e. The number of sulfone groups is 1. The highest BCUT2D eigenvalue weighted by Crippen LogP contribution is 2.24. The van der Waals surface area contributed by atoms with Gasteiger partial charge in [-0.3, -0.25) is 0 Å². The summed E-state index contributed by atoms with van der Waals surface area (Å²) in [6.45, 7) is 5.51. The summed E-state index contributed by atoms with van der Waals surface area (Å²) in [5, 5.41) is 0. The van der Waals surface area contributed by atoms with Crippen LogP contribution in [-0.4, -0.2) is 37.9 Å². The summed E-state index contributed by atoms with van der Waals surface area (Å²) in [5.41, 5.74) is 1.18. The van der Waals surface area contributed by atoms with E-state index in [0.717, 1.165) is 5.70 Å². The summed E-state index contributed by atoms with van der Waals surface area (Å²) in [6.07, 6.45) is 10.5. The average molecular weight is 253 g/mol. The Hall–Kier alpha value is -1.03. The van der Waals surface area contributed by atoms with Gasteiger partial charge < -0.3 is 4.90 Å². The van der Waals surface area contributed by atoms with Crippen molar-refractivity contribution in [1.82, 2.24) is 4.90 Å². The van der Waals surface area contributed by atoms with Crippen molar-refractivity contribution < 1.29 is 8.42 Å². The van der Waals surface area contributed by atoms with E-state index in [0.29, 0.717) is 13.1 Å². The molecule has 0 saturated carbocycles. The maximum Gasteiger partial charge on any atom is 0.153 e. The van der Waals surface area contributed by atoms with Crippen LogP contribution in [0.3, 0.4) is 0 Å². The molecular formula is C13H19NO2S. The molecule has 0 spiro atoms. The van der Waals surface area contributed by atoms with Crippen LogP contribution in [0, 0.1) is 5.41 Å². The van der Waals surface area contributed by atoms with E-state index in [4.69, 9.17) is 0 Å². The molecule has 0 radical (unpaired) electrons. The molecule has 2 aliphatic rings. The van der Waals surface area contributed by atoms with Crippen molar-refractivity contribution in [2.45, 2.75) is 13.8 Å². The van der Waals surface area contributed by atoms with E-state index in [1.165, 1.54) is 0 Å². The Morgan fingerprint density at radius 1 is 1.18 bits per heavy atom. The highest BCUT2D eigenvalue weighted by Gasteiger charge is 2.22. The molecule has 3 nitrogen and oxygen atoms in total. The summed E-state index contributed by atoms with van der Waals surface area (Å²) in [5.74, 6) is 0.538. The Balaban J connectivity index is 2.10. The van der Waals surface area contributed by atoms with Crippen molar-refractivity contribution in [3.63, 3.8) is 0 Å². The first-order valence-corrected chi connectivity index (χ1v) is 7.74. The van der Waals surface area contributed by atoms with Gasteiger partial charge in [-0.1, -0.05) is 32.1 Å². The van der Waals surface area contributed by atoms with Crippen molar-refractivity contribution in [3.8, 4) is 0 Å². The molecule has 1 aliphatic heterocycles. The fraction of sp³-hybridized carbons (Fsp3) is 0.538. The van der Waals surface area contributed by atoms with Gasteiger partial charge in [0, 0.05) is 24.2 Å². The number of hydrogen-bond donors (Lipinski definition) is 0. The molecule has 1 heterocycles. The van der Waals surface area contributed by atoms with Gasteiger partial charge in [-0.15, -0.1) is 0 Å². The van der Waals surface area contributed by atoms with E-state index in [9.17, 15) is 8.42 Å². The maximum absolute atomic E-state index is 11.4. The van der Waals surface area contributed by atoms with E-state index >= 15 is 0 Å². The standard InChI is InChI=1S/C13H19NO2S/c1-13(2)6-3-4-12(5-7-13)14-8-10-17(15,16)11-9-14/h3-7H,8-11H2,1-2H3. The van der Waals surface area contributed by atoms with Gasteiger partial charge in [0.1, 0.15) is 0 Å². The zero-order valence-corrected chi connectivity index (χ0v) is 11.2. The molecule has 0 unspecified atom stereocenters. The van der Waals surface area contributed by atoms with Gasteiger partial charge in [0.05, 0.1) is 11.5 Å².